The van der Waals surface area contributed by atoms with Gasteiger partial charge in [-0.1, -0.05) is 18.2 Å². The second-order valence-corrected chi connectivity index (χ2v) is 9.56. The summed E-state index contributed by atoms with van der Waals surface area (Å²) in [6, 6.07) is 10.4. The first-order valence-corrected chi connectivity index (χ1v) is 11.7. The van der Waals surface area contributed by atoms with Crippen molar-refractivity contribution >= 4 is 38.6 Å². The van der Waals surface area contributed by atoms with Crippen LogP contribution in [-0.2, 0) is 14.8 Å². The van der Waals surface area contributed by atoms with E-state index >= 15 is 0 Å². The minimum atomic E-state index is -4.08. The van der Waals surface area contributed by atoms with E-state index in [0.717, 1.165) is 18.9 Å². The van der Waals surface area contributed by atoms with Gasteiger partial charge in [0.15, 0.2) is 17.0 Å². The predicted octanol–water partition coefficient (Wildman–Crippen LogP) is 3.62. The fraction of sp³-hybridized carbons (Fsp3) is 0.182. The smallest absolute Gasteiger partial charge is 0.264 e. The molecule has 0 saturated heterocycles. The fourth-order valence-electron chi connectivity index (χ4n) is 3.33. The number of hydrogen-bond donors (Lipinski definition) is 3. The molecule has 168 valence electrons. The number of fused-ring (bicyclic) bond motifs is 1. The summed E-state index contributed by atoms with van der Waals surface area (Å²) in [7, 11) is -4.08. The Hall–Kier alpha value is -3.86. The molecule has 2 aromatic heterocycles. The summed E-state index contributed by atoms with van der Waals surface area (Å²) in [6.07, 6.45) is 3.32. The summed E-state index contributed by atoms with van der Waals surface area (Å²) in [5.74, 6) is -0.505. The zero-order valence-electron chi connectivity index (χ0n) is 17.5. The first-order valence-electron chi connectivity index (χ1n) is 10.2. The number of aromatic amines is 1. The third kappa shape index (κ3) is 4.27. The number of rotatable bonds is 6. The van der Waals surface area contributed by atoms with Crippen LogP contribution in [0.15, 0.2) is 53.6 Å². The number of sulfonamides is 1. The lowest BCUT2D eigenvalue weighted by molar-refractivity contribution is -0.117. The SMILES string of the molecule is Cc1ccc(F)c(S(=O)(=O)Nc2ccc(-c3cnc4c(NC(=O)C5CC5)n[nH]c4n3)cc2)c1. The zero-order chi connectivity index (χ0) is 23.2. The van der Waals surface area contributed by atoms with Gasteiger partial charge in [-0.15, -0.1) is 0 Å². The van der Waals surface area contributed by atoms with Crippen LogP contribution in [0.25, 0.3) is 22.4 Å². The monoisotopic (exact) mass is 466 g/mol. The van der Waals surface area contributed by atoms with Crippen molar-refractivity contribution < 1.29 is 17.6 Å². The number of nitrogens with zero attached hydrogens (tertiary/aromatic N) is 3. The van der Waals surface area contributed by atoms with Crippen LogP contribution < -0.4 is 10.0 Å². The number of amides is 1. The molecule has 5 rings (SSSR count). The van der Waals surface area contributed by atoms with Crippen LogP contribution >= 0.6 is 0 Å². The van der Waals surface area contributed by atoms with Gasteiger partial charge in [0, 0.05) is 17.2 Å². The van der Waals surface area contributed by atoms with Crippen LogP contribution in [-0.4, -0.2) is 34.5 Å². The highest BCUT2D eigenvalue weighted by atomic mass is 32.2. The Morgan fingerprint density at radius 1 is 1.15 bits per heavy atom. The molecular weight excluding hydrogens is 447 g/mol. The zero-order valence-corrected chi connectivity index (χ0v) is 18.3. The van der Waals surface area contributed by atoms with Crippen LogP contribution in [0.5, 0.6) is 0 Å². The molecule has 1 amide bonds. The number of hydrogen-bond acceptors (Lipinski definition) is 6. The normalized spacial score (nSPS) is 13.8. The van der Waals surface area contributed by atoms with Crippen LogP contribution in [0.2, 0.25) is 0 Å². The number of carbonyl (C=O) groups is 1. The summed E-state index contributed by atoms with van der Waals surface area (Å²) in [5.41, 5.74) is 3.00. The third-order valence-corrected chi connectivity index (χ3v) is 6.67. The summed E-state index contributed by atoms with van der Waals surface area (Å²) < 4.78 is 41.6. The van der Waals surface area contributed by atoms with E-state index in [1.807, 2.05) is 0 Å². The van der Waals surface area contributed by atoms with Crippen molar-refractivity contribution in [1.29, 1.82) is 0 Å². The fourth-order valence-corrected chi connectivity index (χ4v) is 4.55. The number of anilines is 2. The maximum absolute atomic E-state index is 14.0. The Bertz CT molecular complexity index is 1480. The van der Waals surface area contributed by atoms with E-state index in [-0.39, 0.29) is 17.5 Å². The standard InChI is InChI=1S/C22H19FN6O3S/c1-12-2-9-16(23)18(10-12)33(31,32)29-15-7-5-13(6-8-15)17-11-24-19-20(25-17)27-28-21(19)26-22(30)14-3-4-14/h2,5-11,14,29H,3-4H2,1H3,(H2,25,26,27,28,30). The molecular formula is C22H19FN6O3S. The quantitative estimate of drug-likeness (QED) is 0.398. The van der Waals surface area contributed by atoms with Crippen molar-refractivity contribution in [2.24, 2.45) is 5.92 Å². The molecule has 4 aromatic rings. The predicted molar refractivity (Wildman–Crippen MR) is 120 cm³/mol. The van der Waals surface area contributed by atoms with Crippen molar-refractivity contribution in [2.45, 2.75) is 24.7 Å². The molecule has 33 heavy (non-hydrogen) atoms. The van der Waals surface area contributed by atoms with Gasteiger partial charge in [-0.05, 0) is 49.6 Å². The molecule has 1 aliphatic carbocycles. The van der Waals surface area contributed by atoms with Crippen molar-refractivity contribution in [3.8, 4) is 11.3 Å². The van der Waals surface area contributed by atoms with Gasteiger partial charge in [0.2, 0.25) is 5.91 Å². The van der Waals surface area contributed by atoms with Gasteiger partial charge >= 0.3 is 0 Å². The summed E-state index contributed by atoms with van der Waals surface area (Å²) >= 11 is 0. The van der Waals surface area contributed by atoms with Crippen molar-refractivity contribution in [1.82, 2.24) is 20.2 Å². The Morgan fingerprint density at radius 3 is 2.64 bits per heavy atom. The van der Waals surface area contributed by atoms with Crippen molar-refractivity contribution in [2.75, 3.05) is 10.0 Å². The van der Waals surface area contributed by atoms with Crippen LogP contribution in [0, 0.1) is 18.7 Å². The summed E-state index contributed by atoms with van der Waals surface area (Å²) in [5, 5.41) is 9.62. The Kier molecular flexibility index (Phi) is 5.05. The van der Waals surface area contributed by atoms with E-state index < -0.39 is 20.7 Å². The van der Waals surface area contributed by atoms with Crippen LogP contribution in [0.3, 0.4) is 0 Å². The number of carbonyl (C=O) groups excluding carboxylic acids is 1. The number of H-pyrrole nitrogens is 1. The van der Waals surface area contributed by atoms with Crippen LogP contribution in [0.4, 0.5) is 15.9 Å². The topological polar surface area (TPSA) is 130 Å². The third-order valence-electron chi connectivity index (χ3n) is 5.27. The molecule has 11 heteroatoms. The van der Waals surface area contributed by atoms with Gasteiger partial charge in [-0.25, -0.2) is 22.8 Å². The molecule has 1 aliphatic rings. The average Bonchev–Trinajstić information content (AvgIpc) is 3.58. The maximum Gasteiger partial charge on any atom is 0.264 e. The lowest BCUT2D eigenvalue weighted by Crippen LogP contribution is -2.14. The van der Waals surface area contributed by atoms with Gasteiger partial charge in [-0.3, -0.25) is 14.6 Å². The molecule has 0 atom stereocenters. The van der Waals surface area contributed by atoms with Gasteiger partial charge in [0.25, 0.3) is 10.0 Å². The highest BCUT2D eigenvalue weighted by Crippen LogP contribution is 2.31. The Balaban J connectivity index is 1.35. The number of aromatic nitrogens is 4. The highest BCUT2D eigenvalue weighted by Gasteiger charge is 2.30. The molecule has 3 N–H and O–H groups in total. The van der Waals surface area contributed by atoms with E-state index in [9.17, 15) is 17.6 Å². The Labute approximate surface area is 188 Å². The molecule has 0 radical (unpaired) electrons. The number of benzene rings is 2. The average molecular weight is 466 g/mol. The highest BCUT2D eigenvalue weighted by molar-refractivity contribution is 7.92. The lowest BCUT2D eigenvalue weighted by Gasteiger charge is -2.10. The van der Waals surface area contributed by atoms with E-state index in [0.29, 0.717) is 33.8 Å². The molecule has 2 heterocycles. The Morgan fingerprint density at radius 2 is 1.91 bits per heavy atom. The number of nitrogens with one attached hydrogen (secondary N) is 3. The van der Waals surface area contributed by atoms with Crippen molar-refractivity contribution in [3.63, 3.8) is 0 Å². The molecule has 0 spiro atoms. The number of aryl methyl sites for hydroxylation is 1. The maximum atomic E-state index is 14.0. The van der Waals surface area contributed by atoms with Gasteiger partial charge in [0.05, 0.1) is 11.9 Å². The first-order chi connectivity index (χ1) is 15.8. The lowest BCUT2D eigenvalue weighted by atomic mass is 10.1. The molecule has 9 nitrogen and oxygen atoms in total. The van der Waals surface area contributed by atoms with Gasteiger partial charge in [0.1, 0.15) is 10.7 Å². The van der Waals surface area contributed by atoms with E-state index in [2.05, 4.69) is 30.2 Å². The van der Waals surface area contributed by atoms with Gasteiger partial charge < -0.3 is 5.32 Å². The molecule has 1 saturated carbocycles. The molecule has 0 bridgehead atoms. The van der Waals surface area contributed by atoms with E-state index in [1.165, 1.54) is 12.1 Å². The molecule has 0 unspecified atom stereocenters. The molecule has 0 aliphatic heterocycles. The largest absolute Gasteiger partial charge is 0.307 e. The van der Waals surface area contributed by atoms with E-state index in [4.69, 9.17) is 0 Å². The van der Waals surface area contributed by atoms with Crippen molar-refractivity contribution in [3.05, 3.63) is 60.0 Å². The van der Waals surface area contributed by atoms with Crippen LogP contribution in [0.1, 0.15) is 18.4 Å². The van der Waals surface area contributed by atoms with E-state index in [1.54, 1.807) is 37.4 Å². The first kappa shape index (κ1) is 21.0. The minimum Gasteiger partial charge on any atom is -0.307 e. The second kappa shape index (κ2) is 7.93. The summed E-state index contributed by atoms with van der Waals surface area (Å²) in [6.45, 7) is 1.69. The molecule has 2 aromatic carbocycles. The summed E-state index contributed by atoms with van der Waals surface area (Å²) in [4.78, 5) is 20.4. The van der Waals surface area contributed by atoms with Gasteiger partial charge in [-0.2, -0.15) is 5.10 Å². The molecule has 1 fully saturated rings. The number of halogens is 1. The minimum absolute atomic E-state index is 0.0438. The second-order valence-electron chi connectivity index (χ2n) is 7.90.